The Morgan fingerprint density at radius 2 is 1.94 bits per heavy atom. The molecular formula is C25H31FN2O5S. The molecule has 1 fully saturated rings. The molecule has 2 aliphatic rings. The monoisotopic (exact) mass is 490 g/mol. The van der Waals surface area contributed by atoms with E-state index in [-0.39, 0.29) is 41.5 Å². The third-order valence-corrected chi connectivity index (χ3v) is 8.60. The largest absolute Gasteiger partial charge is 0.487 e. The Hall–Kier alpha value is -2.49. The first kappa shape index (κ1) is 24.6. The summed E-state index contributed by atoms with van der Waals surface area (Å²) < 4.78 is 48.6. The van der Waals surface area contributed by atoms with Crippen molar-refractivity contribution < 1.29 is 27.4 Å². The number of aliphatic hydroxyl groups excluding tert-OH is 1. The number of benzene rings is 2. The van der Waals surface area contributed by atoms with Crippen molar-refractivity contribution in [3.05, 3.63) is 48.3 Å². The van der Waals surface area contributed by atoms with E-state index in [4.69, 9.17) is 4.74 Å². The quantitative estimate of drug-likeness (QED) is 0.672. The lowest BCUT2D eigenvalue weighted by atomic mass is 10.0. The minimum absolute atomic E-state index is 0.0129. The predicted octanol–water partition coefficient (Wildman–Crippen LogP) is 3.13. The van der Waals surface area contributed by atoms with E-state index >= 15 is 0 Å². The number of hydrogen-bond donors (Lipinski definition) is 1. The second-order valence-corrected chi connectivity index (χ2v) is 11.3. The van der Waals surface area contributed by atoms with Crippen LogP contribution in [0.2, 0.25) is 0 Å². The van der Waals surface area contributed by atoms with Crippen molar-refractivity contribution >= 4 is 15.9 Å². The minimum Gasteiger partial charge on any atom is -0.487 e. The molecule has 184 valence electrons. The van der Waals surface area contributed by atoms with Crippen molar-refractivity contribution in [2.75, 3.05) is 26.7 Å². The van der Waals surface area contributed by atoms with Gasteiger partial charge in [-0.2, -0.15) is 4.31 Å². The zero-order valence-electron chi connectivity index (χ0n) is 19.6. The molecule has 0 radical (unpaired) electrons. The first-order valence-corrected chi connectivity index (χ1v) is 13.0. The van der Waals surface area contributed by atoms with Gasteiger partial charge in [0.15, 0.2) is 0 Å². The van der Waals surface area contributed by atoms with Gasteiger partial charge in [-0.1, -0.05) is 25.1 Å². The van der Waals surface area contributed by atoms with Gasteiger partial charge in [0.2, 0.25) is 15.9 Å². The van der Waals surface area contributed by atoms with Gasteiger partial charge in [0.1, 0.15) is 22.6 Å². The summed E-state index contributed by atoms with van der Waals surface area (Å²) in [5.41, 5.74) is 1.21. The number of rotatable bonds is 6. The number of fused-ring (bicyclic) bond motifs is 1. The molecule has 2 aromatic carbocycles. The first-order chi connectivity index (χ1) is 16.1. The lowest BCUT2D eigenvalue weighted by Gasteiger charge is -2.37. The van der Waals surface area contributed by atoms with Crippen molar-refractivity contribution in [1.82, 2.24) is 9.21 Å². The summed E-state index contributed by atoms with van der Waals surface area (Å²) in [4.78, 5) is 14.2. The number of likely N-dealkylation sites (N-methyl/N-ethyl adjacent to an activating group) is 1. The van der Waals surface area contributed by atoms with Crippen molar-refractivity contribution in [2.45, 2.75) is 43.7 Å². The van der Waals surface area contributed by atoms with Gasteiger partial charge >= 0.3 is 0 Å². The van der Waals surface area contributed by atoms with Crippen LogP contribution >= 0.6 is 0 Å². The fourth-order valence-electron chi connectivity index (χ4n) is 4.29. The Bertz CT molecular complexity index is 1170. The van der Waals surface area contributed by atoms with E-state index in [1.54, 1.807) is 43.1 Å². The van der Waals surface area contributed by atoms with Crippen LogP contribution in [0.5, 0.6) is 5.75 Å². The molecule has 1 N–H and O–H groups in total. The minimum atomic E-state index is -3.97. The van der Waals surface area contributed by atoms with Crippen molar-refractivity contribution in [3.63, 3.8) is 0 Å². The van der Waals surface area contributed by atoms with E-state index in [2.05, 4.69) is 0 Å². The zero-order valence-corrected chi connectivity index (χ0v) is 20.5. The third kappa shape index (κ3) is 4.96. The van der Waals surface area contributed by atoms with Crippen LogP contribution < -0.4 is 4.74 Å². The second kappa shape index (κ2) is 9.64. The molecule has 0 spiro atoms. The van der Waals surface area contributed by atoms with Crippen LogP contribution in [0.3, 0.4) is 0 Å². The predicted molar refractivity (Wildman–Crippen MR) is 126 cm³/mol. The van der Waals surface area contributed by atoms with Crippen LogP contribution in [-0.2, 0) is 14.8 Å². The molecule has 0 saturated heterocycles. The lowest BCUT2D eigenvalue weighted by Crippen LogP contribution is -2.50. The number of ether oxygens (including phenoxy) is 1. The van der Waals surface area contributed by atoms with E-state index < -0.39 is 28.0 Å². The van der Waals surface area contributed by atoms with E-state index in [1.807, 2.05) is 6.92 Å². The molecule has 1 saturated carbocycles. The maximum absolute atomic E-state index is 13.8. The second-order valence-electron chi connectivity index (χ2n) is 9.40. The Labute approximate surface area is 200 Å². The molecule has 0 aromatic heterocycles. The van der Waals surface area contributed by atoms with Crippen LogP contribution in [0.1, 0.15) is 26.7 Å². The summed E-state index contributed by atoms with van der Waals surface area (Å²) in [6, 6.07) is 10.1. The molecular weight excluding hydrogens is 459 g/mol. The summed E-state index contributed by atoms with van der Waals surface area (Å²) in [7, 11) is -2.23. The van der Waals surface area contributed by atoms with Gasteiger partial charge in [0.05, 0.1) is 13.2 Å². The molecule has 4 rings (SSSR count). The highest BCUT2D eigenvalue weighted by Crippen LogP contribution is 2.37. The van der Waals surface area contributed by atoms with E-state index in [1.165, 1.54) is 22.5 Å². The first-order valence-electron chi connectivity index (χ1n) is 11.6. The summed E-state index contributed by atoms with van der Waals surface area (Å²) >= 11 is 0. The van der Waals surface area contributed by atoms with Crippen LogP contribution in [0.15, 0.2) is 47.4 Å². The van der Waals surface area contributed by atoms with Gasteiger partial charge in [-0.3, -0.25) is 4.79 Å². The van der Waals surface area contributed by atoms with Crippen LogP contribution in [0.4, 0.5) is 4.39 Å². The van der Waals surface area contributed by atoms with E-state index in [9.17, 15) is 22.7 Å². The highest BCUT2D eigenvalue weighted by atomic mass is 32.2. The highest BCUT2D eigenvalue weighted by Gasteiger charge is 2.39. The average molecular weight is 491 g/mol. The molecule has 9 heteroatoms. The van der Waals surface area contributed by atoms with Crippen LogP contribution in [0, 0.1) is 17.7 Å². The molecule has 3 atom stereocenters. The number of sulfonamides is 1. The molecule has 0 unspecified atom stereocenters. The fraction of sp³-hybridized carbons (Fsp3) is 0.480. The van der Waals surface area contributed by atoms with Crippen molar-refractivity contribution in [3.8, 4) is 16.9 Å². The molecule has 1 heterocycles. The van der Waals surface area contributed by atoms with E-state index in [0.717, 1.165) is 12.8 Å². The summed E-state index contributed by atoms with van der Waals surface area (Å²) in [6.07, 6.45) is 1.31. The maximum Gasteiger partial charge on any atom is 0.247 e. The number of nitrogens with zero attached hydrogens (tertiary/aromatic N) is 2. The molecule has 1 aliphatic carbocycles. The SMILES string of the molecule is C[C@@H]1CN([C@@H](C)CO)S(=O)(=O)c2ccc(-c3cccc(F)c3)cc2O[C@H]1CN(C)C(=O)C1CC1. The summed E-state index contributed by atoms with van der Waals surface area (Å²) in [5, 5.41) is 9.76. The Morgan fingerprint density at radius 3 is 2.59 bits per heavy atom. The zero-order chi connectivity index (χ0) is 24.6. The van der Waals surface area contributed by atoms with E-state index in [0.29, 0.717) is 17.7 Å². The Balaban J connectivity index is 1.77. The molecule has 2 aromatic rings. The topological polar surface area (TPSA) is 87.2 Å². The van der Waals surface area contributed by atoms with Crippen molar-refractivity contribution in [1.29, 1.82) is 0 Å². The Kier molecular flexibility index (Phi) is 6.98. The normalized spacial score (nSPS) is 23.2. The number of carbonyl (C=O) groups is 1. The molecule has 1 aliphatic heterocycles. The lowest BCUT2D eigenvalue weighted by molar-refractivity contribution is -0.132. The summed E-state index contributed by atoms with van der Waals surface area (Å²) in [6.45, 7) is 3.67. The third-order valence-electron chi connectivity index (χ3n) is 6.58. The molecule has 0 bridgehead atoms. The summed E-state index contributed by atoms with van der Waals surface area (Å²) in [5.74, 6) is -0.371. The van der Waals surface area contributed by atoms with Crippen LogP contribution in [-0.4, -0.2) is 67.5 Å². The van der Waals surface area contributed by atoms with Gasteiger partial charge in [0.25, 0.3) is 0 Å². The highest BCUT2D eigenvalue weighted by molar-refractivity contribution is 7.89. The van der Waals surface area contributed by atoms with Gasteiger partial charge in [0, 0.05) is 31.5 Å². The number of hydrogen-bond acceptors (Lipinski definition) is 5. The smallest absolute Gasteiger partial charge is 0.247 e. The number of aliphatic hydroxyl groups is 1. The number of halogens is 1. The van der Waals surface area contributed by atoms with Crippen molar-refractivity contribution in [2.24, 2.45) is 11.8 Å². The van der Waals surface area contributed by atoms with Gasteiger partial charge in [-0.25, -0.2) is 12.8 Å². The van der Waals surface area contributed by atoms with Gasteiger partial charge < -0.3 is 14.7 Å². The molecule has 7 nitrogen and oxygen atoms in total. The van der Waals surface area contributed by atoms with Gasteiger partial charge in [-0.05, 0) is 55.2 Å². The number of carbonyl (C=O) groups excluding carboxylic acids is 1. The average Bonchev–Trinajstić information content (AvgIpc) is 3.65. The van der Waals surface area contributed by atoms with Gasteiger partial charge in [-0.15, -0.1) is 0 Å². The maximum atomic E-state index is 13.8. The molecule has 34 heavy (non-hydrogen) atoms. The standard InChI is InChI=1S/C25H31FN2O5S/c1-16-13-28(17(2)15-29)34(31,32)24-10-9-20(19-5-4-6-21(26)11-19)12-22(24)33-23(16)14-27(3)25(30)18-7-8-18/h4-6,9-12,16-18,23,29H,7-8,13-15H2,1-3H3/t16-,17+,23+/m1/s1. The molecule has 1 amide bonds. The fourth-order valence-corrected chi connectivity index (χ4v) is 6.12. The Morgan fingerprint density at radius 1 is 1.24 bits per heavy atom. The van der Waals surface area contributed by atoms with Crippen LogP contribution in [0.25, 0.3) is 11.1 Å². The number of amides is 1.